The highest BCUT2D eigenvalue weighted by atomic mass is 16.4. The van der Waals surface area contributed by atoms with Crippen LogP contribution in [0.25, 0.3) is 0 Å². The third-order valence-electron chi connectivity index (χ3n) is 2.81. The Labute approximate surface area is 112 Å². The van der Waals surface area contributed by atoms with Gasteiger partial charge in [-0.25, -0.2) is 0 Å². The Kier molecular flexibility index (Phi) is 5.06. The van der Waals surface area contributed by atoms with Gasteiger partial charge >= 0.3 is 5.97 Å². The normalized spacial score (nSPS) is 12.8. The van der Waals surface area contributed by atoms with Crippen molar-refractivity contribution in [1.29, 1.82) is 0 Å². The average Bonchev–Trinajstić information content (AvgIpc) is 2.28. The van der Waals surface area contributed by atoms with E-state index in [2.05, 4.69) is 5.32 Å². The molecule has 19 heavy (non-hydrogen) atoms. The van der Waals surface area contributed by atoms with E-state index >= 15 is 0 Å². The number of benzene rings is 1. The van der Waals surface area contributed by atoms with Gasteiger partial charge in [-0.1, -0.05) is 30.3 Å². The largest absolute Gasteiger partial charge is 0.481 e. The van der Waals surface area contributed by atoms with Crippen LogP contribution in [0.5, 0.6) is 0 Å². The van der Waals surface area contributed by atoms with E-state index < -0.39 is 17.4 Å². The lowest BCUT2D eigenvalue weighted by atomic mass is 9.95. The first-order chi connectivity index (χ1) is 8.85. The molecular weight excluding hydrogens is 244 g/mol. The maximum atomic E-state index is 12.2. The summed E-state index contributed by atoms with van der Waals surface area (Å²) in [5.41, 5.74) is 5.68. The molecule has 0 bridgehead atoms. The number of hydrogen-bond acceptors (Lipinski definition) is 3. The van der Waals surface area contributed by atoms with E-state index in [1.165, 1.54) is 0 Å². The van der Waals surface area contributed by atoms with Crippen molar-refractivity contribution in [2.24, 2.45) is 5.73 Å². The molecule has 4 N–H and O–H groups in total. The summed E-state index contributed by atoms with van der Waals surface area (Å²) in [6.45, 7) is 3.54. The summed E-state index contributed by atoms with van der Waals surface area (Å²) in [6, 6.07) is 9.22. The molecule has 1 amide bonds. The number of aliphatic carboxylic acids is 1. The van der Waals surface area contributed by atoms with Gasteiger partial charge in [-0.3, -0.25) is 9.59 Å². The Hall–Kier alpha value is -1.88. The fourth-order valence-electron chi connectivity index (χ4n) is 1.92. The highest BCUT2D eigenvalue weighted by Crippen LogP contribution is 2.17. The third kappa shape index (κ3) is 4.71. The summed E-state index contributed by atoms with van der Waals surface area (Å²) in [5.74, 6) is -1.66. The van der Waals surface area contributed by atoms with E-state index in [0.29, 0.717) is 0 Å². The van der Waals surface area contributed by atoms with Crippen LogP contribution in [-0.2, 0) is 9.59 Å². The molecule has 5 nitrogen and oxygen atoms in total. The van der Waals surface area contributed by atoms with Gasteiger partial charge in [0.05, 0.1) is 12.3 Å². The van der Waals surface area contributed by atoms with E-state index in [-0.39, 0.29) is 18.9 Å². The van der Waals surface area contributed by atoms with E-state index in [0.717, 1.165) is 5.56 Å². The minimum atomic E-state index is -0.950. The highest BCUT2D eigenvalue weighted by Gasteiger charge is 2.28. The monoisotopic (exact) mass is 264 g/mol. The van der Waals surface area contributed by atoms with E-state index in [1.54, 1.807) is 13.8 Å². The second kappa shape index (κ2) is 6.33. The molecule has 104 valence electrons. The number of rotatable bonds is 6. The predicted octanol–water partition coefficient (Wildman–Crippen LogP) is 1.10. The predicted molar refractivity (Wildman–Crippen MR) is 72.7 cm³/mol. The number of carboxylic acid groups (broad SMARTS) is 1. The van der Waals surface area contributed by atoms with Crippen LogP contribution in [0.2, 0.25) is 0 Å². The molecule has 0 aliphatic rings. The van der Waals surface area contributed by atoms with Crippen LogP contribution in [0.15, 0.2) is 30.3 Å². The van der Waals surface area contributed by atoms with Gasteiger partial charge in [-0.15, -0.1) is 0 Å². The van der Waals surface area contributed by atoms with Crippen molar-refractivity contribution in [2.45, 2.75) is 31.7 Å². The van der Waals surface area contributed by atoms with E-state index in [1.807, 2.05) is 30.3 Å². The molecule has 0 radical (unpaired) electrons. The molecule has 5 heteroatoms. The molecule has 0 aliphatic heterocycles. The second-order valence-corrected chi connectivity index (χ2v) is 5.14. The molecule has 1 aromatic rings. The zero-order valence-electron chi connectivity index (χ0n) is 11.2. The van der Waals surface area contributed by atoms with Crippen molar-refractivity contribution in [1.82, 2.24) is 5.32 Å². The Morgan fingerprint density at radius 1 is 1.32 bits per heavy atom. The first kappa shape index (κ1) is 15.2. The number of nitrogens with one attached hydrogen (secondary N) is 1. The molecule has 1 atom stereocenters. The molecular formula is C14H20N2O3. The van der Waals surface area contributed by atoms with Gasteiger partial charge in [0.25, 0.3) is 0 Å². The van der Waals surface area contributed by atoms with Crippen molar-refractivity contribution in [3.05, 3.63) is 35.9 Å². The lowest BCUT2D eigenvalue weighted by molar-refractivity contribution is -0.138. The van der Waals surface area contributed by atoms with E-state index in [9.17, 15) is 9.59 Å². The van der Waals surface area contributed by atoms with Gasteiger partial charge in [0.15, 0.2) is 0 Å². The van der Waals surface area contributed by atoms with Gasteiger partial charge in [-0.2, -0.15) is 0 Å². The molecule has 0 saturated heterocycles. The summed E-state index contributed by atoms with van der Waals surface area (Å²) in [6.07, 6.45) is -0.134. The van der Waals surface area contributed by atoms with Crippen LogP contribution in [0.4, 0.5) is 0 Å². The summed E-state index contributed by atoms with van der Waals surface area (Å²) in [7, 11) is 0. The van der Waals surface area contributed by atoms with Gasteiger partial charge in [-0.05, 0) is 19.4 Å². The number of amides is 1. The smallest absolute Gasteiger partial charge is 0.305 e. The lowest BCUT2D eigenvalue weighted by Gasteiger charge is -2.27. The zero-order chi connectivity index (χ0) is 14.5. The molecule has 0 aromatic heterocycles. The van der Waals surface area contributed by atoms with Crippen molar-refractivity contribution in [3.8, 4) is 0 Å². The van der Waals surface area contributed by atoms with Crippen molar-refractivity contribution < 1.29 is 14.7 Å². The summed E-state index contributed by atoms with van der Waals surface area (Å²) >= 11 is 0. The molecule has 1 unspecified atom stereocenters. The van der Waals surface area contributed by atoms with Gasteiger partial charge < -0.3 is 16.2 Å². The minimum Gasteiger partial charge on any atom is -0.481 e. The average molecular weight is 264 g/mol. The van der Waals surface area contributed by atoms with Gasteiger partial charge in [0, 0.05) is 12.1 Å². The van der Waals surface area contributed by atoms with Crippen molar-refractivity contribution >= 4 is 11.9 Å². The topological polar surface area (TPSA) is 92.4 Å². The van der Waals surface area contributed by atoms with Crippen LogP contribution in [0.3, 0.4) is 0 Å². The van der Waals surface area contributed by atoms with E-state index in [4.69, 9.17) is 10.8 Å². The maximum absolute atomic E-state index is 12.2. The molecule has 0 aliphatic carbocycles. The van der Waals surface area contributed by atoms with Gasteiger partial charge in [0.1, 0.15) is 0 Å². The third-order valence-corrected chi connectivity index (χ3v) is 2.81. The fraction of sp³-hybridized carbons (Fsp3) is 0.429. The SMILES string of the molecule is CC(C)(CC(=O)O)NC(=O)C(CN)c1ccccc1. The molecule has 0 saturated carbocycles. The number of nitrogens with two attached hydrogens (primary N) is 1. The van der Waals surface area contributed by atoms with Gasteiger partial charge in [0.2, 0.25) is 5.91 Å². The molecule has 1 aromatic carbocycles. The minimum absolute atomic E-state index is 0.134. The van der Waals surface area contributed by atoms with Crippen LogP contribution >= 0.6 is 0 Å². The van der Waals surface area contributed by atoms with Crippen LogP contribution in [0, 0.1) is 0 Å². The molecule has 0 spiro atoms. The Balaban J connectivity index is 2.78. The van der Waals surface area contributed by atoms with Crippen LogP contribution in [0.1, 0.15) is 31.7 Å². The second-order valence-electron chi connectivity index (χ2n) is 5.14. The Morgan fingerprint density at radius 2 is 1.89 bits per heavy atom. The summed E-state index contributed by atoms with van der Waals surface area (Å²) < 4.78 is 0. The number of hydrogen-bond donors (Lipinski definition) is 3. The Morgan fingerprint density at radius 3 is 2.37 bits per heavy atom. The fourth-order valence-corrected chi connectivity index (χ4v) is 1.92. The summed E-state index contributed by atoms with van der Waals surface area (Å²) in [5, 5.41) is 11.5. The maximum Gasteiger partial charge on any atom is 0.305 e. The van der Waals surface area contributed by atoms with Crippen LogP contribution < -0.4 is 11.1 Å². The number of carbonyl (C=O) groups excluding carboxylic acids is 1. The quantitative estimate of drug-likeness (QED) is 0.717. The zero-order valence-corrected chi connectivity index (χ0v) is 11.2. The van der Waals surface area contributed by atoms with Crippen molar-refractivity contribution in [3.63, 3.8) is 0 Å². The first-order valence-electron chi connectivity index (χ1n) is 6.14. The molecule has 1 rings (SSSR count). The number of carboxylic acids is 1. The molecule has 0 heterocycles. The first-order valence-corrected chi connectivity index (χ1v) is 6.14. The van der Waals surface area contributed by atoms with Crippen LogP contribution in [-0.4, -0.2) is 29.1 Å². The summed E-state index contributed by atoms with van der Waals surface area (Å²) in [4.78, 5) is 22.9. The molecule has 0 fully saturated rings. The lowest BCUT2D eigenvalue weighted by Crippen LogP contribution is -2.48. The highest BCUT2D eigenvalue weighted by molar-refractivity contribution is 5.85. The van der Waals surface area contributed by atoms with Crippen molar-refractivity contribution in [2.75, 3.05) is 6.54 Å². The Bertz CT molecular complexity index is 443. The number of carbonyl (C=O) groups is 2. The standard InChI is InChI=1S/C14H20N2O3/c1-14(2,8-12(17)18)16-13(19)11(9-15)10-6-4-3-5-7-10/h3-7,11H,8-9,15H2,1-2H3,(H,16,19)(H,17,18).